The standard InChI is InChI=1S/C12H14N4O2/c1-16-7-6-15-11(16)3-5-14-10-8-13-4-2-9(10)12(17)18/h2,4,6-8,14H,3,5H2,1H3,(H,17,18). The second-order valence-corrected chi connectivity index (χ2v) is 3.86. The quantitative estimate of drug-likeness (QED) is 0.827. The maximum absolute atomic E-state index is 11.0. The van der Waals surface area contributed by atoms with E-state index in [4.69, 9.17) is 5.11 Å². The van der Waals surface area contributed by atoms with E-state index in [-0.39, 0.29) is 5.56 Å². The summed E-state index contributed by atoms with van der Waals surface area (Å²) in [6.07, 6.45) is 7.32. The van der Waals surface area contributed by atoms with Gasteiger partial charge >= 0.3 is 5.97 Å². The Balaban J connectivity index is 1.99. The van der Waals surface area contributed by atoms with E-state index in [0.717, 1.165) is 12.2 Å². The van der Waals surface area contributed by atoms with Gasteiger partial charge in [0.05, 0.1) is 17.4 Å². The monoisotopic (exact) mass is 246 g/mol. The molecule has 6 heteroatoms. The van der Waals surface area contributed by atoms with Gasteiger partial charge in [-0.15, -0.1) is 0 Å². The lowest BCUT2D eigenvalue weighted by molar-refractivity contribution is 0.0698. The summed E-state index contributed by atoms with van der Waals surface area (Å²) in [6, 6.07) is 1.48. The minimum Gasteiger partial charge on any atom is -0.478 e. The minimum atomic E-state index is -0.961. The van der Waals surface area contributed by atoms with Crippen LogP contribution in [0, 0.1) is 0 Å². The predicted octanol–water partition coefficient (Wildman–Crippen LogP) is 1.17. The van der Waals surface area contributed by atoms with Gasteiger partial charge in [-0.1, -0.05) is 0 Å². The van der Waals surface area contributed by atoms with Crippen molar-refractivity contribution in [3.05, 3.63) is 42.2 Å². The normalized spacial score (nSPS) is 10.3. The van der Waals surface area contributed by atoms with Crippen molar-refractivity contribution in [1.29, 1.82) is 0 Å². The summed E-state index contributed by atoms with van der Waals surface area (Å²) in [5.41, 5.74) is 0.754. The van der Waals surface area contributed by atoms with Crippen molar-refractivity contribution in [3.63, 3.8) is 0 Å². The van der Waals surface area contributed by atoms with Gasteiger partial charge in [0.15, 0.2) is 0 Å². The Kier molecular flexibility index (Phi) is 3.57. The van der Waals surface area contributed by atoms with Crippen LogP contribution >= 0.6 is 0 Å². The van der Waals surface area contributed by atoms with E-state index in [1.54, 1.807) is 6.20 Å². The number of rotatable bonds is 5. The molecule has 0 unspecified atom stereocenters. The first-order valence-corrected chi connectivity index (χ1v) is 5.56. The molecule has 94 valence electrons. The van der Waals surface area contributed by atoms with E-state index >= 15 is 0 Å². The smallest absolute Gasteiger partial charge is 0.337 e. The Morgan fingerprint density at radius 1 is 1.50 bits per heavy atom. The van der Waals surface area contributed by atoms with Gasteiger partial charge in [-0.2, -0.15) is 0 Å². The van der Waals surface area contributed by atoms with Crippen LogP contribution < -0.4 is 5.32 Å². The molecule has 18 heavy (non-hydrogen) atoms. The van der Waals surface area contributed by atoms with E-state index in [1.807, 2.05) is 17.8 Å². The van der Waals surface area contributed by atoms with Crippen molar-refractivity contribution < 1.29 is 9.90 Å². The third-order valence-corrected chi connectivity index (χ3v) is 2.64. The van der Waals surface area contributed by atoms with Crippen molar-refractivity contribution in [3.8, 4) is 0 Å². The van der Waals surface area contributed by atoms with Crippen molar-refractivity contribution in [2.45, 2.75) is 6.42 Å². The highest BCUT2D eigenvalue weighted by Crippen LogP contribution is 2.13. The molecule has 0 aliphatic rings. The number of carboxylic acids is 1. The fourth-order valence-electron chi connectivity index (χ4n) is 1.67. The van der Waals surface area contributed by atoms with E-state index in [0.29, 0.717) is 12.2 Å². The lowest BCUT2D eigenvalue weighted by atomic mass is 10.2. The molecule has 2 heterocycles. The van der Waals surface area contributed by atoms with E-state index in [9.17, 15) is 4.79 Å². The third kappa shape index (κ3) is 2.65. The molecular weight excluding hydrogens is 232 g/mol. The average Bonchev–Trinajstić information content (AvgIpc) is 2.76. The Labute approximate surface area is 104 Å². The molecular formula is C12H14N4O2. The summed E-state index contributed by atoms with van der Waals surface area (Å²) >= 11 is 0. The number of hydrogen-bond donors (Lipinski definition) is 2. The van der Waals surface area contributed by atoms with E-state index in [2.05, 4.69) is 15.3 Å². The van der Waals surface area contributed by atoms with Crippen molar-refractivity contribution in [2.75, 3.05) is 11.9 Å². The summed E-state index contributed by atoms with van der Waals surface area (Å²) in [7, 11) is 1.93. The number of aromatic nitrogens is 3. The molecule has 0 saturated heterocycles. The third-order valence-electron chi connectivity index (χ3n) is 2.64. The molecule has 0 bridgehead atoms. The van der Waals surface area contributed by atoms with Crippen molar-refractivity contribution >= 4 is 11.7 Å². The molecule has 0 aliphatic carbocycles. The number of pyridine rings is 1. The molecule has 6 nitrogen and oxygen atoms in total. The number of anilines is 1. The molecule has 0 spiro atoms. The van der Waals surface area contributed by atoms with Gasteiger partial charge in [-0.3, -0.25) is 4.98 Å². The van der Waals surface area contributed by atoms with Crippen LogP contribution in [-0.2, 0) is 13.5 Å². The van der Waals surface area contributed by atoms with Gasteiger partial charge in [0, 0.05) is 38.6 Å². The van der Waals surface area contributed by atoms with Crippen LogP contribution in [0.5, 0.6) is 0 Å². The average molecular weight is 246 g/mol. The Bertz CT molecular complexity index is 551. The van der Waals surface area contributed by atoms with E-state index in [1.165, 1.54) is 18.5 Å². The van der Waals surface area contributed by atoms with Crippen molar-refractivity contribution in [2.24, 2.45) is 7.05 Å². The summed E-state index contributed by atoms with van der Waals surface area (Å²) < 4.78 is 1.93. The Hall–Kier alpha value is -2.37. The highest BCUT2D eigenvalue weighted by atomic mass is 16.4. The van der Waals surface area contributed by atoms with Gasteiger partial charge in [-0.25, -0.2) is 9.78 Å². The zero-order chi connectivity index (χ0) is 13.0. The molecule has 2 rings (SSSR count). The molecule has 2 aromatic heterocycles. The first-order valence-electron chi connectivity index (χ1n) is 5.56. The first-order chi connectivity index (χ1) is 8.68. The minimum absolute atomic E-state index is 0.227. The molecule has 0 aromatic carbocycles. The molecule has 2 N–H and O–H groups in total. The Morgan fingerprint density at radius 2 is 2.33 bits per heavy atom. The number of aryl methyl sites for hydroxylation is 1. The van der Waals surface area contributed by atoms with Gasteiger partial charge in [-0.05, 0) is 6.07 Å². The summed E-state index contributed by atoms with van der Waals surface area (Å²) in [5.74, 6) is -0.0137. The van der Waals surface area contributed by atoms with Gasteiger partial charge < -0.3 is 15.0 Å². The fraction of sp³-hybridized carbons (Fsp3) is 0.250. The maximum atomic E-state index is 11.0. The molecule has 0 aliphatic heterocycles. The van der Waals surface area contributed by atoms with Crippen molar-refractivity contribution in [1.82, 2.24) is 14.5 Å². The number of nitrogens with one attached hydrogen (secondary N) is 1. The molecule has 0 radical (unpaired) electrons. The number of imidazole rings is 1. The van der Waals surface area contributed by atoms with Crippen LogP contribution in [0.25, 0.3) is 0 Å². The Morgan fingerprint density at radius 3 is 3.00 bits per heavy atom. The number of hydrogen-bond acceptors (Lipinski definition) is 4. The zero-order valence-electron chi connectivity index (χ0n) is 10.00. The SMILES string of the molecule is Cn1ccnc1CCNc1cnccc1C(=O)O. The number of aromatic carboxylic acids is 1. The molecule has 0 amide bonds. The predicted molar refractivity (Wildman–Crippen MR) is 66.6 cm³/mol. The highest BCUT2D eigenvalue weighted by molar-refractivity contribution is 5.93. The van der Waals surface area contributed by atoms with Crippen LogP contribution in [-0.4, -0.2) is 32.2 Å². The number of carbonyl (C=O) groups is 1. The molecule has 0 saturated carbocycles. The van der Waals surface area contributed by atoms with Crippen LogP contribution in [0.2, 0.25) is 0 Å². The van der Waals surface area contributed by atoms with Crippen LogP contribution in [0.4, 0.5) is 5.69 Å². The van der Waals surface area contributed by atoms with Crippen LogP contribution in [0.3, 0.4) is 0 Å². The first kappa shape index (κ1) is 12.1. The van der Waals surface area contributed by atoms with Gasteiger partial charge in [0.1, 0.15) is 5.82 Å². The van der Waals surface area contributed by atoms with Gasteiger partial charge in [0.25, 0.3) is 0 Å². The number of carboxylic acid groups (broad SMARTS) is 1. The zero-order valence-corrected chi connectivity index (χ0v) is 10.00. The highest BCUT2D eigenvalue weighted by Gasteiger charge is 2.09. The maximum Gasteiger partial charge on any atom is 0.337 e. The summed E-state index contributed by atoms with van der Waals surface area (Å²) in [6.45, 7) is 0.608. The van der Waals surface area contributed by atoms with Crippen LogP contribution in [0.15, 0.2) is 30.9 Å². The van der Waals surface area contributed by atoms with Gasteiger partial charge in [0.2, 0.25) is 0 Å². The van der Waals surface area contributed by atoms with E-state index < -0.39 is 5.97 Å². The lowest BCUT2D eigenvalue weighted by Gasteiger charge is -2.08. The number of nitrogens with zero attached hydrogens (tertiary/aromatic N) is 3. The molecule has 2 aromatic rings. The molecule has 0 fully saturated rings. The molecule has 0 atom stereocenters. The second kappa shape index (κ2) is 5.31. The topological polar surface area (TPSA) is 80.0 Å². The largest absolute Gasteiger partial charge is 0.478 e. The summed E-state index contributed by atoms with van der Waals surface area (Å²) in [4.78, 5) is 19.1. The second-order valence-electron chi connectivity index (χ2n) is 3.86. The van der Waals surface area contributed by atoms with Crippen LogP contribution in [0.1, 0.15) is 16.2 Å². The fourth-order valence-corrected chi connectivity index (χ4v) is 1.67. The lowest BCUT2D eigenvalue weighted by Crippen LogP contribution is -2.11. The summed E-state index contributed by atoms with van der Waals surface area (Å²) in [5, 5.41) is 12.1.